The second-order valence-corrected chi connectivity index (χ2v) is 5.33. The van der Waals surface area contributed by atoms with Gasteiger partial charge in [-0.3, -0.25) is 0 Å². The zero-order valence-electron chi connectivity index (χ0n) is 9.74. The number of hydrogen-bond donors (Lipinski definition) is 3. The Hall–Kier alpha value is -1.56. The SMILES string of the molecule is CC1CC1NC(=O)Nc1ccc(Br)cc1C(=O)O. The normalized spacial score (nSPS) is 21.2. The Bertz CT molecular complexity index is 504. The first-order valence-corrected chi connectivity index (χ1v) is 6.37. The second-order valence-electron chi connectivity index (χ2n) is 4.41. The van der Waals surface area contributed by atoms with Crippen molar-refractivity contribution >= 4 is 33.6 Å². The maximum absolute atomic E-state index is 11.6. The fourth-order valence-electron chi connectivity index (χ4n) is 1.65. The van der Waals surface area contributed by atoms with Crippen LogP contribution in [-0.2, 0) is 0 Å². The highest BCUT2D eigenvalue weighted by molar-refractivity contribution is 9.10. The zero-order valence-corrected chi connectivity index (χ0v) is 11.3. The molecule has 2 unspecified atom stereocenters. The number of hydrogen-bond acceptors (Lipinski definition) is 2. The van der Waals surface area contributed by atoms with Gasteiger partial charge in [-0.2, -0.15) is 0 Å². The summed E-state index contributed by atoms with van der Waals surface area (Å²) in [7, 11) is 0. The van der Waals surface area contributed by atoms with Crippen LogP contribution >= 0.6 is 15.9 Å². The lowest BCUT2D eigenvalue weighted by Crippen LogP contribution is -2.31. The van der Waals surface area contributed by atoms with Crippen LogP contribution in [0.3, 0.4) is 0 Å². The number of rotatable bonds is 3. The van der Waals surface area contributed by atoms with Gasteiger partial charge in [0.2, 0.25) is 0 Å². The third kappa shape index (κ3) is 3.01. The van der Waals surface area contributed by atoms with E-state index in [9.17, 15) is 9.59 Å². The number of benzene rings is 1. The van der Waals surface area contributed by atoms with E-state index in [4.69, 9.17) is 5.11 Å². The molecule has 1 aromatic carbocycles. The Morgan fingerprint density at radius 3 is 2.67 bits per heavy atom. The molecule has 1 aliphatic carbocycles. The lowest BCUT2D eigenvalue weighted by molar-refractivity contribution is 0.0698. The summed E-state index contributed by atoms with van der Waals surface area (Å²) in [5.74, 6) is -0.578. The highest BCUT2D eigenvalue weighted by Gasteiger charge is 2.33. The van der Waals surface area contributed by atoms with Crippen LogP contribution in [0.1, 0.15) is 23.7 Å². The second kappa shape index (κ2) is 4.97. The minimum absolute atomic E-state index is 0.0587. The molecule has 96 valence electrons. The van der Waals surface area contributed by atoms with E-state index in [1.165, 1.54) is 6.07 Å². The average molecular weight is 313 g/mol. The van der Waals surface area contributed by atoms with Crippen molar-refractivity contribution in [2.24, 2.45) is 5.92 Å². The van der Waals surface area contributed by atoms with Crippen molar-refractivity contribution in [3.8, 4) is 0 Å². The van der Waals surface area contributed by atoms with Gasteiger partial charge in [-0.1, -0.05) is 22.9 Å². The van der Waals surface area contributed by atoms with Gasteiger partial charge < -0.3 is 15.7 Å². The van der Waals surface area contributed by atoms with E-state index in [1.807, 2.05) is 6.92 Å². The van der Waals surface area contributed by atoms with Crippen molar-refractivity contribution in [1.29, 1.82) is 0 Å². The molecule has 2 atom stereocenters. The molecule has 0 aliphatic heterocycles. The van der Waals surface area contributed by atoms with Gasteiger partial charge in [-0.15, -0.1) is 0 Å². The first kappa shape index (κ1) is 12.9. The summed E-state index contributed by atoms with van der Waals surface area (Å²) in [5, 5.41) is 14.4. The van der Waals surface area contributed by atoms with Crippen LogP contribution in [-0.4, -0.2) is 23.1 Å². The van der Waals surface area contributed by atoms with Crippen molar-refractivity contribution in [3.63, 3.8) is 0 Å². The number of carbonyl (C=O) groups is 2. The number of amides is 2. The minimum Gasteiger partial charge on any atom is -0.478 e. The van der Waals surface area contributed by atoms with E-state index in [-0.39, 0.29) is 23.3 Å². The molecule has 3 N–H and O–H groups in total. The van der Waals surface area contributed by atoms with Gasteiger partial charge in [-0.05, 0) is 30.5 Å². The monoisotopic (exact) mass is 312 g/mol. The smallest absolute Gasteiger partial charge is 0.337 e. The number of aromatic carboxylic acids is 1. The lowest BCUT2D eigenvalue weighted by atomic mass is 10.2. The van der Waals surface area contributed by atoms with Gasteiger partial charge in [0.05, 0.1) is 11.3 Å². The molecular weight excluding hydrogens is 300 g/mol. The maximum Gasteiger partial charge on any atom is 0.337 e. The van der Waals surface area contributed by atoms with Gasteiger partial charge in [0.25, 0.3) is 0 Å². The number of carboxylic acid groups (broad SMARTS) is 1. The largest absolute Gasteiger partial charge is 0.478 e. The summed E-state index contributed by atoms with van der Waals surface area (Å²) in [6.45, 7) is 2.05. The van der Waals surface area contributed by atoms with Gasteiger partial charge in [0.1, 0.15) is 0 Å². The van der Waals surface area contributed by atoms with Crippen molar-refractivity contribution in [1.82, 2.24) is 5.32 Å². The topological polar surface area (TPSA) is 78.4 Å². The van der Waals surface area contributed by atoms with Crippen LogP contribution in [0, 0.1) is 5.92 Å². The van der Waals surface area contributed by atoms with E-state index < -0.39 is 5.97 Å². The Morgan fingerprint density at radius 2 is 2.11 bits per heavy atom. The van der Waals surface area contributed by atoms with Crippen LogP contribution in [0.2, 0.25) is 0 Å². The molecule has 1 saturated carbocycles. The van der Waals surface area contributed by atoms with Crippen LogP contribution in [0.5, 0.6) is 0 Å². The summed E-state index contributed by atoms with van der Waals surface area (Å²) in [4.78, 5) is 22.7. The Morgan fingerprint density at radius 1 is 1.44 bits per heavy atom. The van der Waals surface area contributed by atoms with E-state index in [1.54, 1.807) is 12.1 Å². The summed E-state index contributed by atoms with van der Waals surface area (Å²) in [6, 6.07) is 4.53. The quantitative estimate of drug-likeness (QED) is 0.803. The number of carbonyl (C=O) groups excluding carboxylic acids is 1. The number of nitrogens with one attached hydrogen (secondary N) is 2. The summed E-state index contributed by atoms with van der Waals surface area (Å²) >= 11 is 3.20. The zero-order chi connectivity index (χ0) is 13.3. The van der Waals surface area contributed by atoms with E-state index >= 15 is 0 Å². The molecule has 0 aromatic heterocycles. The van der Waals surface area contributed by atoms with Gasteiger partial charge in [0.15, 0.2) is 0 Å². The number of anilines is 1. The fourth-order valence-corrected chi connectivity index (χ4v) is 2.01. The van der Waals surface area contributed by atoms with Crippen LogP contribution in [0.25, 0.3) is 0 Å². The molecule has 1 aromatic rings. The van der Waals surface area contributed by atoms with Crippen molar-refractivity contribution in [3.05, 3.63) is 28.2 Å². The van der Waals surface area contributed by atoms with Crippen molar-refractivity contribution < 1.29 is 14.7 Å². The minimum atomic E-state index is -1.08. The van der Waals surface area contributed by atoms with Crippen molar-refractivity contribution in [2.45, 2.75) is 19.4 Å². The molecule has 2 rings (SSSR count). The van der Waals surface area contributed by atoms with E-state index in [0.717, 1.165) is 6.42 Å². The Kier molecular flexibility index (Phi) is 3.56. The molecular formula is C12H13BrN2O3. The molecule has 18 heavy (non-hydrogen) atoms. The molecule has 1 fully saturated rings. The van der Waals surface area contributed by atoms with E-state index in [0.29, 0.717) is 10.4 Å². The molecule has 1 aliphatic rings. The standard InChI is InChI=1S/C12H13BrN2O3/c1-6-4-10(6)15-12(18)14-9-3-2-7(13)5-8(9)11(16)17/h2-3,5-6,10H,4H2,1H3,(H,16,17)(H2,14,15,18). The maximum atomic E-state index is 11.6. The molecule has 6 heteroatoms. The third-order valence-electron chi connectivity index (χ3n) is 2.89. The number of carboxylic acids is 1. The lowest BCUT2D eigenvalue weighted by Gasteiger charge is -2.09. The molecule has 0 bridgehead atoms. The van der Waals surface area contributed by atoms with Crippen LogP contribution in [0.4, 0.5) is 10.5 Å². The fraction of sp³-hybridized carbons (Fsp3) is 0.333. The summed E-state index contributed by atoms with van der Waals surface area (Å²) in [5.41, 5.74) is 0.347. The molecule has 0 heterocycles. The number of urea groups is 1. The van der Waals surface area contributed by atoms with Gasteiger partial charge in [-0.25, -0.2) is 9.59 Å². The summed E-state index contributed by atoms with van der Waals surface area (Å²) < 4.78 is 0.654. The number of halogens is 1. The third-order valence-corrected chi connectivity index (χ3v) is 3.38. The first-order valence-electron chi connectivity index (χ1n) is 5.57. The van der Waals surface area contributed by atoms with Gasteiger partial charge >= 0.3 is 12.0 Å². The van der Waals surface area contributed by atoms with Crippen LogP contribution in [0.15, 0.2) is 22.7 Å². The average Bonchev–Trinajstić information content (AvgIpc) is 2.96. The Labute approximate surface area is 113 Å². The Balaban J connectivity index is 2.08. The molecule has 5 nitrogen and oxygen atoms in total. The van der Waals surface area contributed by atoms with Gasteiger partial charge in [0, 0.05) is 10.5 Å². The first-order chi connectivity index (χ1) is 8.47. The molecule has 0 spiro atoms. The summed E-state index contributed by atoms with van der Waals surface area (Å²) in [6.07, 6.45) is 0.972. The molecule has 0 radical (unpaired) electrons. The highest BCUT2D eigenvalue weighted by atomic mass is 79.9. The highest BCUT2D eigenvalue weighted by Crippen LogP contribution is 2.29. The van der Waals surface area contributed by atoms with Crippen molar-refractivity contribution in [2.75, 3.05) is 5.32 Å². The van der Waals surface area contributed by atoms with E-state index in [2.05, 4.69) is 26.6 Å². The molecule has 0 saturated heterocycles. The van der Waals surface area contributed by atoms with Crippen LogP contribution < -0.4 is 10.6 Å². The molecule has 2 amide bonds. The predicted molar refractivity (Wildman–Crippen MR) is 70.8 cm³/mol. The predicted octanol–water partition coefficient (Wildman–Crippen LogP) is 2.68.